The summed E-state index contributed by atoms with van der Waals surface area (Å²) in [5.41, 5.74) is 0.851. The van der Waals surface area contributed by atoms with Crippen molar-refractivity contribution in [2.75, 3.05) is 19.6 Å². The second-order valence-corrected chi connectivity index (χ2v) is 7.94. The molecule has 2 aromatic rings. The molecule has 6 heteroatoms. The van der Waals surface area contributed by atoms with E-state index in [4.69, 9.17) is 4.42 Å². The first-order valence-electron chi connectivity index (χ1n) is 8.90. The van der Waals surface area contributed by atoms with Crippen LogP contribution in [0.2, 0.25) is 0 Å². The van der Waals surface area contributed by atoms with Crippen molar-refractivity contribution in [2.24, 2.45) is 11.0 Å². The van der Waals surface area contributed by atoms with Crippen molar-refractivity contribution in [3.8, 4) is 0 Å². The molecular formula is C19H23N3O2S. The van der Waals surface area contributed by atoms with E-state index in [1.165, 1.54) is 17.7 Å². The van der Waals surface area contributed by atoms with Gasteiger partial charge in [-0.05, 0) is 55.4 Å². The molecule has 0 N–H and O–H groups in total. The number of rotatable bonds is 4. The van der Waals surface area contributed by atoms with Gasteiger partial charge in [0.05, 0.1) is 18.8 Å². The van der Waals surface area contributed by atoms with Crippen LogP contribution >= 0.6 is 11.3 Å². The molecule has 1 amide bonds. The second kappa shape index (κ2) is 7.14. The van der Waals surface area contributed by atoms with E-state index in [2.05, 4.69) is 28.4 Å². The topological polar surface area (TPSA) is 49.1 Å². The Morgan fingerprint density at radius 2 is 2.16 bits per heavy atom. The van der Waals surface area contributed by atoms with Gasteiger partial charge in [0.2, 0.25) is 0 Å². The van der Waals surface area contributed by atoms with Gasteiger partial charge < -0.3 is 4.42 Å². The summed E-state index contributed by atoms with van der Waals surface area (Å²) in [6.07, 6.45) is 4.69. The van der Waals surface area contributed by atoms with Crippen molar-refractivity contribution >= 4 is 23.0 Å². The summed E-state index contributed by atoms with van der Waals surface area (Å²) in [4.78, 5) is 16.4. The number of carbonyl (C=O) groups is 1. The summed E-state index contributed by atoms with van der Waals surface area (Å²) in [6, 6.07) is 7.86. The van der Waals surface area contributed by atoms with Crippen LogP contribution in [0.1, 0.15) is 42.9 Å². The van der Waals surface area contributed by atoms with E-state index in [1.54, 1.807) is 22.6 Å². The Morgan fingerprint density at radius 1 is 1.32 bits per heavy atom. The van der Waals surface area contributed by atoms with Crippen LogP contribution in [0.3, 0.4) is 0 Å². The largest absolute Gasteiger partial charge is 0.463 e. The number of hydrazone groups is 1. The summed E-state index contributed by atoms with van der Waals surface area (Å²) < 4.78 is 5.50. The fraction of sp³-hybridized carbons (Fsp3) is 0.474. The van der Waals surface area contributed by atoms with Crippen molar-refractivity contribution < 1.29 is 9.21 Å². The molecule has 25 heavy (non-hydrogen) atoms. The molecule has 1 fully saturated rings. The van der Waals surface area contributed by atoms with E-state index < -0.39 is 0 Å². The maximum atomic E-state index is 13.0. The summed E-state index contributed by atoms with van der Waals surface area (Å²) in [6.45, 7) is 4.73. The molecule has 4 rings (SSSR count). The molecule has 0 aromatic carbocycles. The number of likely N-dealkylation sites (tertiary alicyclic amines) is 1. The Bertz CT molecular complexity index is 731. The number of amides is 1. The summed E-state index contributed by atoms with van der Waals surface area (Å²) in [5.74, 6) is 1.60. The lowest BCUT2D eigenvalue weighted by molar-refractivity contribution is -0.134. The van der Waals surface area contributed by atoms with Crippen LogP contribution in [0, 0.1) is 5.92 Å². The minimum Gasteiger partial charge on any atom is -0.463 e. The zero-order valence-electron chi connectivity index (χ0n) is 14.4. The maximum Gasteiger partial charge on any atom is 0.257 e. The average Bonchev–Trinajstić information content (AvgIpc) is 3.36. The third-order valence-corrected chi connectivity index (χ3v) is 6.05. The lowest BCUT2D eigenvalue weighted by Crippen LogP contribution is -2.41. The minimum absolute atomic E-state index is 0.0173. The number of furan rings is 1. The van der Waals surface area contributed by atoms with Crippen LogP contribution in [0.4, 0.5) is 0 Å². The standard InChI is InChI=1S/C19H23N3O2S/c1-14-6-8-21(9-7-14)13-19(23)22-16(18-5-3-11-25-18)12-15(20-22)17-4-2-10-24-17/h2-5,10-11,14,16H,6-9,12-13H2,1H3/t16-/m1/s1. The molecule has 0 aliphatic carbocycles. The van der Waals surface area contributed by atoms with Crippen molar-refractivity contribution in [1.82, 2.24) is 9.91 Å². The molecule has 0 radical (unpaired) electrons. The third-order valence-electron chi connectivity index (χ3n) is 5.08. The fourth-order valence-corrected chi connectivity index (χ4v) is 4.33. The van der Waals surface area contributed by atoms with Gasteiger partial charge in [0.25, 0.3) is 5.91 Å². The SMILES string of the molecule is CC1CCN(CC(=O)N2N=C(c3ccco3)C[C@@H]2c2cccs2)CC1. The van der Waals surface area contributed by atoms with Gasteiger partial charge in [-0.25, -0.2) is 5.01 Å². The maximum absolute atomic E-state index is 13.0. The molecule has 2 aliphatic heterocycles. The molecule has 0 spiro atoms. The first kappa shape index (κ1) is 16.5. The van der Waals surface area contributed by atoms with Crippen molar-refractivity contribution in [1.29, 1.82) is 0 Å². The Kier molecular flexibility index (Phi) is 4.72. The van der Waals surface area contributed by atoms with Crippen molar-refractivity contribution in [3.63, 3.8) is 0 Å². The molecule has 1 atom stereocenters. The van der Waals surface area contributed by atoms with E-state index in [9.17, 15) is 4.79 Å². The Hall–Kier alpha value is -1.92. The van der Waals surface area contributed by atoms with Gasteiger partial charge in [0.15, 0.2) is 0 Å². The fourth-order valence-electron chi connectivity index (χ4n) is 3.52. The van der Waals surface area contributed by atoms with Crippen molar-refractivity contribution in [2.45, 2.75) is 32.2 Å². The van der Waals surface area contributed by atoms with Crippen LogP contribution in [-0.2, 0) is 4.79 Å². The normalized spacial score (nSPS) is 22.4. The van der Waals surface area contributed by atoms with Crippen LogP contribution in [-0.4, -0.2) is 41.2 Å². The van der Waals surface area contributed by atoms with E-state index >= 15 is 0 Å². The zero-order chi connectivity index (χ0) is 17.2. The average molecular weight is 357 g/mol. The van der Waals surface area contributed by atoms with E-state index in [0.717, 1.165) is 30.5 Å². The molecular weight excluding hydrogens is 334 g/mol. The number of thiophene rings is 1. The van der Waals surface area contributed by atoms with Gasteiger partial charge in [0, 0.05) is 11.3 Å². The second-order valence-electron chi connectivity index (χ2n) is 6.96. The molecule has 132 valence electrons. The predicted molar refractivity (Wildman–Crippen MR) is 98.6 cm³/mol. The molecule has 1 saturated heterocycles. The van der Waals surface area contributed by atoms with Crippen LogP contribution < -0.4 is 0 Å². The van der Waals surface area contributed by atoms with Crippen molar-refractivity contribution in [3.05, 3.63) is 46.5 Å². The number of carbonyl (C=O) groups excluding carboxylic acids is 1. The molecule has 2 aliphatic rings. The Labute approximate surface area is 151 Å². The summed E-state index contributed by atoms with van der Waals surface area (Å²) in [7, 11) is 0. The number of nitrogens with zero attached hydrogens (tertiary/aromatic N) is 3. The summed E-state index contributed by atoms with van der Waals surface area (Å²) >= 11 is 1.68. The van der Waals surface area contributed by atoms with Gasteiger partial charge in [-0.1, -0.05) is 13.0 Å². The molecule has 0 bridgehead atoms. The molecule has 2 aromatic heterocycles. The highest BCUT2D eigenvalue weighted by atomic mass is 32.1. The molecule has 4 heterocycles. The quantitative estimate of drug-likeness (QED) is 0.837. The highest BCUT2D eigenvalue weighted by Gasteiger charge is 2.35. The van der Waals surface area contributed by atoms with E-state index in [0.29, 0.717) is 13.0 Å². The molecule has 0 unspecified atom stereocenters. The number of hydrogen-bond donors (Lipinski definition) is 0. The lowest BCUT2D eigenvalue weighted by atomic mass is 9.99. The molecule has 0 saturated carbocycles. The zero-order valence-corrected chi connectivity index (χ0v) is 15.2. The van der Waals surface area contributed by atoms with Gasteiger partial charge >= 0.3 is 0 Å². The lowest BCUT2D eigenvalue weighted by Gasteiger charge is -2.31. The van der Waals surface area contributed by atoms with E-state index in [-0.39, 0.29) is 11.9 Å². The van der Waals surface area contributed by atoms with Gasteiger partial charge in [-0.15, -0.1) is 11.3 Å². The smallest absolute Gasteiger partial charge is 0.257 e. The van der Waals surface area contributed by atoms with E-state index in [1.807, 2.05) is 18.2 Å². The third kappa shape index (κ3) is 3.55. The monoisotopic (exact) mass is 357 g/mol. The van der Waals surface area contributed by atoms with Crippen LogP contribution in [0.25, 0.3) is 0 Å². The Morgan fingerprint density at radius 3 is 2.84 bits per heavy atom. The number of hydrogen-bond acceptors (Lipinski definition) is 5. The first-order chi connectivity index (χ1) is 12.2. The first-order valence-corrected chi connectivity index (χ1v) is 9.78. The van der Waals surface area contributed by atoms with Crippen LogP contribution in [0.15, 0.2) is 45.4 Å². The highest BCUT2D eigenvalue weighted by molar-refractivity contribution is 7.10. The Balaban J connectivity index is 1.52. The highest BCUT2D eigenvalue weighted by Crippen LogP contribution is 2.35. The number of piperidine rings is 1. The van der Waals surface area contributed by atoms with Gasteiger partial charge in [-0.2, -0.15) is 5.10 Å². The van der Waals surface area contributed by atoms with Gasteiger partial charge in [-0.3, -0.25) is 9.69 Å². The summed E-state index contributed by atoms with van der Waals surface area (Å²) in [5, 5.41) is 8.37. The molecule has 5 nitrogen and oxygen atoms in total. The van der Waals surface area contributed by atoms with Crippen LogP contribution in [0.5, 0.6) is 0 Å². The minimum atomic E-state index is -0.0173. The predicted octanol–water partition coefficient (Wildman–Crippen LogP) is 3.75. The van der Waals surface area contributed by atoms with Gasteiger partial charge in [0.1, 0.15) is 11.5 Å².